The molecule has 1 saturated heterocycles. The molecule has 1 saturated carbocycles. The minimum Gasteiger partial charge on any atom is -0.311 e. The smallest absolute Gasteiger partial charge is 0.0522 e. The molecule has 2 heterocycles. The lowest BCUT2D eigenvalue weighted by Gasteiger charge is -2.41. The molecule has 4 nitrogen and oxygen atoms in total. The van der Waals surface area contributed by atoms with E-state index in [4.69, 9.17) is 0 Å². The Morgan fingerprint density at radius 3 is 2.90 bits per heavy atom. The van der Waals surface area contributed by atoms with E-state index in [2.05, 4.69) is 28.4 Å². The van der Waals surface area contributed by atoms with Gasteiger partial charge in [-0.2, -0.15) is 5.10 Å². The third-order valence-electron chi connectivity index (χ3n) is 4.79. The lowest BCUT2D eigenvalue weighted by atomic mass is 10.0. The van der Waals surface area contributed by atoms with Gasteiger partial charge in [-0.25, -0.2) is 0 Å². The van der Waals surface area contributed by atoms with E-state index < -0.39 is 0 Å². The first-order valence-electron chi connectivity index (χ1n) is 8.21. The zero-order valence-corrected chi connectivity index (χ0v) is 12.9. The second-order valence-electron chi connectivity index (χ2n) is 6.57. The fourth-order valence-electron chi connectivity index (χ4n) is 3.52. The van der Waals surface area contributed by atoms with Crippen LogP contribution in [-0.4, -0.2) is 46.4 Å². The summed E-state index contributed by atoms with van der Waals surface area (Å²) in [6.07, 6.45) is 10.8. The normalized spacial score (nSPS) is 27.9. The van der Waals surface area contributed by atoms with Crippen molar-refractivity contribution in [2.45, 2.75) is 51.1 Å². The van der Waals surface area contributed by atoms with Crippen LogP contribution in [0.2, 0.25) is 0 Å². The number of aryl methyl sites for hydroxylation is 1. The van der Waals surface area contributed by atoms with Gasteiger partial charge in [0.15, 0.2) is 0 Å². The summed E-state index contributed by atoms with van der Waals surface area (Å²) < 4.78 is 1.91. The van der Waals surface area contributed by atoms with E-state index in [1.807, 2.05) is 17.9 Å². The molecule has 2 unspecified atom stereocenters. The van der Waals surface area contributed by atoms with Gasteiger partial charge in [-0.05, 0) is 37.2 Å². The molecular formula is C16H28N4. The molecule has 112 valence electrons. The molecule has 4 heteroatoms. The van der Waals surface area contributed by atoms with Crippen molar-refractivity contribution in [2.75, 3.05) is 19.6 Å². The third kappa shape index (κ3) is 3.41. The average molecular weight is 276 g/mol. The van der Waals surface area contributed by atoms with Gasteiger partial charge < -0.3 is 5.32 Å². The Kier molecular flexibility index (Phi) is 4.41. The fraction of sp³-hybridized carbons (Fsp3) is 0.812. The SMILES string of the molecule is CCCC1CN(CCc2cnn(C)c2)C(C2CC2)CN1. The Labute approximate surface area is 122 Å². The molecule has 2 atom stereocenters. The summed E-state index contributed by atoms with van der Waals surface area (Å²) in [5.41, 5.74) is 1.37. The van der Waals surface area contributed by atoms with E-state index in [1.54, 1.807) is 0 Å². The minimum absolute atomic E-state index is 0.698. The summed E-state index contributed by atoms with van der Waals surface area (Å²) in [7, 11) is 2.00. The summed E-state index contributed by atoms with van der Waals surface area (Å²) >= 11 is 0. The van der Waals surface area contributed by atoms with E-state index >= 15 is 0 Å². The van der Waals surface area contributed by atoms with Crippen molar-refractivity contribution in [3.05, 3.63) is 18.0 Å². The molecule has 0 aromatic carbocycles. The number of hydrogen-bond donors (Lipinski definition) is 1. The maximum atomic E-state index is 4.28. The molecule has 1 aromatic heterocycles. The standard InChI is InChI=1S/C16H28N4/c1-3-4-15-12-20(16(10-17-15)14-5-6-14)8-7-13-9-18-19(2)11-13/h9,11,14-17H,3-8,10,12H2,1-2H3. The van der Waals surface area contributed by atoms with Gasteiger partial charge in [0.05, 0.1) is 6.20 Å². The minimum atomic E-state index is 0.698. The molecule has 1 aliphatic carbocycles. The Hall–Kier alpha value is -0.870. The van der Waals surface area contributed by atoms with Gasteiger partial charge in [0.2, 0.25) is 0 Å². The van der Waals surface area contributed by atoms with Gasteiger partial charge in [0.1, 0.15) is 0 Å². The van der Waals surface area contributed by atoms with Crippen LogP contribution in [0, 0.1) is 5.92 Å². The third-order valence-corrected chi connectivity index (χ3v) is 4.79. The number of hydrogen-bond acceptors (Lipinski definition) is 3. The maximum absolute atomic E-state index is 4.28. The Balaban J connectivity index is 1.57. The Morgan fingerprint density at radius 2 is 2.25 bits per heavy atom. The van der Waals surface area contributed by atoms with E-state index in [1.165, 1.54) is 50.9 Å². The molecule has 1 aromatic rings. The molecule has 0 spiro atoms. The van der Waals surface area contributed by atoms with Crippen LogP contribution in [0.25, 0.3) is 0 Å². The van der Waals surface area contributed by atoms with Crippen molar-refractivity contribution in [1.82, 2.24) is 20.0 Å². The highest BCUT2D eigenvalue weighted by molar-refractivity contribution is 5.05. The predicted molar refractivity (Wildman–Crippen MR) is 81.7 cm³/mol. The van der Waals surface area contributed by atoms with Crippen molar-refractivity contribution >= 4 is 0 Å². The molecule has 20 heavy (non-hydrogen) atoms. The zero-order valence-electron chi connectivity index (χ0n) is 12.9. The van der Waals surface area contributed by atoms with Gasteiger partial charge in [-0.3, -0.25) is 9.58 Å². The van der Waals surface area contributed by atoms with Crippen LogP contribution in [0.3, 0.4) is 0 Å². The highest BCUT2D eigenvalue weighted by Crippen LogP contribution is 2.36. The Bertz CT molecular complexity index is 424. The highest BCUT2D eigenvalue weighted by Gasteiger charge is 2.38. The summed E-state index contributed by atoms with van der Waals surface area (Å²) in [6.45, 7) is 5.90. The molecule has 0 amide bonds. The summed E-state index contributed by atoms with van der Waals surface area (Å²) in [6, 6.07) is 1.48. The van der Waals surface area contributed by atoms with Crippen LogP contribution in [0.1, 0.15) is 38.2 Å². The molecule has 1 N–H and O–H groups in total. The van der Waals surface area contributed by atoms with Crippen LogP contribution in [0.5, 0.6) is 0 Å². The summed E-state index contributed by atoms with van der Waals surface area (Å²) in [5.74, 6) is 0.957. The van der Waals surface area contributed by atoms with Crippen LogP contribution in [-0.2, 0) is 13.5 Å². The van der Waals surface area contributed by atoms with E-state index in [0.29, 0.717) is 6.04 Å². The van der Waals surface area contributed by atoms with Gasteiger partial charge in [0.25, 0.3) is 0 Å². The molecular weight excluding hydrogens is 248 g/mol. The predicted octanol–water partition coefficient (Wildman–Crippen LogP) is 1.82. The van der Waals surface area contributed by atoms with Gasteiger partial charge >= 0.3 is 0 Å². The van der Waals surface area contributed by atoms with Crippen LogP contribution >= 0.6 is 0 Å². The number of aromatic nitrogens is 2. The first-order valence-corrected chi connectivity index (χ1v) is 8.21. The van der Waals surface area contributed by atoms with Crippen molar-refractivity contribution in [2.24, 2.45) is 13.0 Å². The topological polar surface area (TPSA) is 33.1 Å². The van der Waals surface area contributed by atoms with Crippen molar-refractivity contribution < 1.29 is 0 Å². The summed E-state index contributed by atoms with van der Waals surface area (Å²) in [4.78, 5) is 2.75. The number of nitrogens with one attached hydrogen (secondary N) is 1. The van der Waals surface area contributed by atoms with Gasteiger partial charge in [-0.1, -0.05) is 13.3 Å². The number of nitrogens with zero attached hydrogens (tertiary/aromatic N) is 3. The van der Waals surface area contributed by atoms with Crippen LogP contribution in [0.4, 0.5) is 0 Å². The lowest BCUT2D eigenvalue weighted by Crippen LogP contribution is -2.57. The number of rotatable bonds is 6. The maximum Gasteiger partial charge on any atom is 0.0522 e. The van der Waals surface area contributed by atoms with Crippen molar-refractivity contribution in [3.63, 3.8) is 0 Å². The highest BCUT2D eigenvalue weighted by atomic mass is 15.3. The quantitative estimate of drug-likeness (QED) is 0.860. The average Bonchev–Trinajstić information content (AvgIpc) is 3.20. The van der Waals surface area contributed by atoms with E-state index in [9.17, 15) is 0 Å². The molecule has 0 bridgehead atoms. The van der Waals surface area contributed by atoms with Crippen LogP contribution < -0.4 is 5.32 Å². The molecule has 0 radical (unpaired) electrons. The molecule has 2 aliphatic rings. The van der Waals surface area contributed by atoms with E-state index in [0.717, 1.165) is 18.4 Å². The zero-order chi connectivity index (χ0) is 13.9. The first-order chi connectivity index (χ1) is 9.76. The number of piperazine rings is 1. The summed E-state index contributed by atoms with van der Waals surface area (Å²) in [5, 5.41) is 8.04. The molecule has 1 aliphatic heterocycles. The van der Waals surface area contributed by atoms with Gasteiger partial charge in [0, 0.05) is 45.0 Å². The van der Waals surface area contributed by atoms with Crippen molar-refractivity contribution in [1.29, 1.82) is 0 Å². The first kappa shape index (κ1) is 14.1. The van der Waals surface area contributed by atoms with Crippen LogP contribution in [0.15, 0.2) is 12.4 Å². The Morgan fingerprint density at radius 1 is 1.40 bits per heavy atom. The second-order valence-corrected chi connectivity index (χ2v) is 6.57. The van der Waals surface area contributed by atoms with Gasteiger partial charge in [-0.15, -0.1) is 0 Å². The molecule has 2 fully saturated rings. The second kappa shape index (κ2) is 6.27. The largest absolute Gasteiger partial charge is 0.311 e. The lowest BCUT2D eigenvalue weighted by molar-refractivity contribution is 0.113. The van der Waals surface area contributed by atoms with E-state index in [-0.39, 0.29) is 0 Å². The fourth-order valence-corrected chi connectivity index (χ4v) is 3.52. The monoisotopic (exact) mass is 276 g/mol. The van der Waals surface area contributed by atoms with Crippen molar-refractivity contribution in [3.8, 4) is 0 Å². The molecule has 3 rings (SSSR count).